The molecule has 0 fully saturated rings. The third-order valence-corrected chi connectivity index (χ3v) is 4.65. The highest BCUT2D eigenvalue weighted by molar-refractivity contribution is 7.92. The van der Waals surface area contributed by atoms with E-state index in [0.29, 0.717) is 16.9 Å². The van der Waals surface area contributed by atoms with Crippen LogP contribution in [0.4, 0.5) is 5.69 Å². The highest BCUT2D eigenvalue weighted by atomic mass is 32.2. The van der Waals surface area contributed by atoms with Crippen LogP contribution < -0.4 is 4.72 Å². The number of benzene rings is 1. The molecule has 1 aromatic carbocycles. The van der Waals surface area contributed by atoms with E-state index in [2.05, 4.69) is 19.9 Å². The second-order valence-electron chi connectivity index (χ2n) is 4.90. The van der Waals surface area contributed by atoms with Crippen LogP contribution in [-0.4, -0.2) is 28.0 Å². The Morgan fingerprint density at radius 1 is 0.957 bits per heavy atom. The maximum absolute atomic E-state index is 12.7. The molecule has 3 heterocycles. The fourth-order valence-corrected chi connectivity index (χ4v) is 3.49. The molecular formula is C15H11N5O2S. The lowest BCUT2D eigenvalue weighted by molar-refractivity contribution is 0.590. The second kappa shape index (κ2) is 5.03. The Kier molecular flexibility index (Phi) is 2.98. The van der Waals surface area contributed by atoms with Gasteiger partial charge < -0.3 is 0 Å². The second-order valence-corrected chi connectivity index (χ2v) is 6.47. The molecule has 0 saturated carbocycles. The van der Waals surface area contributed by atoms with Gasteiger partial charge in [-0.3, -0.25) is 14.1 Å². The van der Waals surface area contributed by atoms with Gasteiger partial charge in [-0.15, -0.1) is 10.2 Å². The lowest BCUT2D eigenvalue weighted by atomic mass is 10.2. The van der Waals surface area contributed by atoms with Gasteiger partial charge in [-0.25, -0.2) is 0 Å². The first-order valence-electron chi connectivity index (χ1n) is 6.81. The first-order valence-corrected chi connectivity index (χ1v) is 8.30. The fourth-order valence-electron chi connectivity index (χ4n) is 2.38. The molecule has 0 spiro atoms. The number of hydrogen-bond donors (Lipinski definition) is 1. The smallest absolute Gasteiger partial charge is 0.275 e. The molecule has 0 bridgehead atoms. The monoisotopic (exact) mass is 325 g/mol. The Morgan fingerprint density at radius 2 is 1.83 bits per heavy atom. The van der Waals surface area contributed by atoms with Gasteiger partial charge in [0.05, 0.1) is 11.2 Å². The van der Waals surface area contributed by atoms with Crippen LogP contribution in [0.25, 0.3) is 16.6 Å². The Labute approximate surface area is 131 Å². The molecule has 4 aromatic rings. The minimum Gasteiger partial charge on any atom is -0.275 e. The summed E-state index contributed by atoms with van der Waals surface area (Å²) in [4.78, 5) is 4.24. The topological polar surface area (TPSA) is 89.2 Å². The summed E-state index contributed by atoms with van der Waals surface area (Å²) in [6.07, 6.45) is 3.22. The van der Waals surface area contributed by atoms with Crippen molar-refractivity contribution < 1.29 is 8.42 Å². The van der Waals surface area contributed by atoms with Crippen molar-refractivity contribution in [1.29, 1.82) is 0 Å². The van der Waals surface area contributed by atoms with Crippen molar-refractivity contribution in [2.75, 3.05) is 4.72 Å². The average molecular weight is 325 g/mol. The number of nitrogens with one attached hydrogen (secondary N) is 1. The number of sulfonamides is 1. The molecule has 0 aliphatic heterocycles. The summed E-state index contributed by atoms with van der Waals surface area (Å²) >= 11 is 0. The van der Waals surface area contributed by atoms with Gasteiger partial charge in [-0.2, -0.15) is 8.42 Å². The van der Waals surface area contributed by atoms with Crippen molar-refractivity contribution in [2.45, 2.75) is 5.16 Å². The van der Waals surface area contributed by atoms with E-state index < -0.39 is 10.0 Å². The lowest BCUT2D eigenvalue weighted by Crippen LogP contribution is -2.16. The van der Waals surface area contributed by atoms with Crippen LogP contribution >= 0.6 is 0 Å². The van der Waals surface area contributed by atoms with E-state index in [-0.39, 0.29) is 5.16 Å². The molecule has 0 amide bonds. The lowest BCUT2D eigenvalue weighted by Gasteiger charge is -2.08. The van der Waals surface area contributed by atoms with E-state index in [1.807, 2.05) is 12.1 Å². The van der Waals surface area contributed by atoms with E-state index in [4.69, 9.17) is 0 Å². The van der Waals surface area contributed by atoms with Gasteiger partial charge >= 0.3 is 0 Å². The predicted octanol–water partition coefficient (Wildman–Crippen LogP) is 2.08. The van der Waals surface area contributed by atoms with Gasteiger partial charge in [-0.05, 0) is 24.3 Å². The maximum atomic E-state index is 12.7. The van der Waals surface area contributed by atoms with Crippen molar-refractivity contribution in [3.63, 3.8) is 0 Å². The standard InChI is InChI=1S/C15H11N5O2S/c21-23(22,15-18-17-13-8-1-2-10-20(13)15)19-12-7-3-5-11-6-4-9-16-14(11)12/h1-10,19H. The molecular weight excluding hydrogens is 314 g/mol. The van der Waals surface area contributed by atoms with Crippen molar-refractivity contribution in [2.24, 2.45) is 0 Å². The quantitative estimate of drug-likeness (QED) is 0.623. The summed E-state index contributed by atoms with van der Waals surface area (Å²) in [6.45, 7) is 0. The molecule has 1 N–H and O–H groups in total. The first kappa shape index (κ1) is 13.6. The van der Waals surface area contributed by atoms with Gasteiger partial charge in [-0.1, -0.05) is 24.3 Å². The summed E-state index contributed by atoms with van der Waals surface area (Å²) in [5.74, 6) is 0. The molecule has 0 saturated heterocycles. The van der Waals surface area contributed by atoms with E-state index in [1.165, 1.54) is 4.40 Å². The Morgan fingerprint density at radius 3 is 2.74 bits per heavy atom. The molecule has 23 heavy (non-hydrogen) atoms. The van der Waals surface area contributed by atoms with Gasteiger partial charge in [0.1, 0.15) is 0 Å². The van der Waals surface area contributed by atoms with Crippen molar-refractivity contribution in [1.82, 2.24) is 19.6 Å². The zero-order chi connectivity index (χ0) is 15.9. The number of aromatic nitrogens is 4. The minimum atomic E-state index is -3.89. The molecule has 8 heteroatoms. The summed E-state index contributed by atoms with van der Waals surface area (Å²) in [7, 11) is -3.89. The van der Waals surface area contributed by atoms with Crippen LogP contribution in [0.5, 0.6) is 0 Å². The molecule has 0 aliphatic carbocycles. The molecule has 4 rings (SSSR count). The van der Waals surface area contributed by atoms with Crippen LogP contribution in [0.2, 0.25) is 0 Å². The van der Waals surface area contributed by atoms with E-state index in [1.54, 1.807) is 48.8 Å². The minimum absolute atomic E-state index is 0.166. The largest absolute Gasteiger partial charge is 0.298 e. The number of anilines is 1. The Balaban J connectivity index is 1.83. The van der Waals surface area contributed by atoms with Gasteiger partial charge in [0.2, 0.25) is 0 Å². The van der Waals surface area contributed by atoms with Crippen LogP contribution in [0.1, 0.15) is 0 Å². The Bertz CT molecular complexity index is 1120. The third-order valence-electron chi connectivity index (χ3n) is 3.40. The van der Waals surface area contributed by atoms with E-state index >= 15 is 0 Å². The molecule has 0 aliphatic rings. The third kappa shape index (κ3) is 2.29. The predicted molar refractivity (Wildman–Crippen MR) is 85.5 cm³/mol. The van der Waals surface area contributed by atoms with Crippen molar-refractivity contribution in [3.05, 3.63) is 60.9 Å². The molecule has 3 aromatic heterocycles. The Hall–Kier alpha value is -3.00. The van der Waals surface area contributed by atoms with Crippen molar-refractivity contribution in [3.8, 4) is 0 Å². The zero-order valence-corrected chi connectivity index (χ0v) is 12.6. The number of pyridine rings is 2. The molecule has 0 atom stereocenters. The van der Waals surface area contributed by atoms with E-state index in [9.17, 15) is 8.42 Å². The van der Waals surface area contributed by atoms with Crippen molar-refractivity contribution >= 4 is 32.3 Å². The molecule has 0 unspecified atom stereocenters. The number of fused-ring (bicyclic) bond motifs is 2. The number of rotatable bonds is 3. The normalized spacial score (nSPS) is 11.8. The summed E-state index contributed by atoms with van der Waals surface area (Å²) in [5.41, 5.74) is 1.44. The molecule has 7 nitrogen and oxygen atoms in total. The number of hydrogen-bond acceptors (Lipinski definition) is 5. The van der Waals surface area contributed by atoms with Crippen LogP contribution in [0, 0.1) is 0 Å². The van der Waals surface area contributed by atoms with E-state index in [0.717, 1.165) is 5.39 Å². The molecule has 0 radical (unpaired) electrons. The maximum Gasteiger partial charge on any atom is 0.298 e. The SMILES string of the molecule is O=S(=O)(Nc1cccc2cccnc12)c1nnc2ccccn12. The van der Waals surface area contributed by atoms with Crippen LogP contribution in [-0.2, 0) is 10.0 Å². The number of para-hydroxylation sites is 1. The molecule has 114 valence electrons. The van der Waals surface area contributed by atoms with Gasteiger partial charge in [0, 0.05) is 17.8 Å². The van der Waals surface area contributed by atoms with Crippen LogP contribution in [0.3, 0.4) is 0 Å². The summed E-state index contributed by atoms with van der Waals surface area (Å²) in [6, 6.07) is 14.1. The average Bonchev–Trinajstić information content (AvgIpc) is 3.00. The van der Waals surface area contributed by atoms with Gasteiger partial charge in [0.15, 0.2) is 5.65 Å². The summed E-state index contributed by atoms with van der Waals surface area (Å²) < 4.78 is 29.3. The zero-order valence-electron chi connectivity index (χ0n) is 11.8. The first-order chi connectivity index (χ1) is 11.1. The van der Waals surface area contributed by atoms with Gasteiger partial charge in [0.25, 0.3) is 15.2 Å². The highest BCUT2D eigenvalue weighted by Gasteiger charge is 2.22. The van der Waals surface area contributed by atoms with Crippen LogP contribution in [0.15, 0.2) is 66.1 Å². The summed E-state index contributed by atoms with van der Waals surface area (Å²) in [5, 5.41) is 8.33. The fraction of sp³-hybridized carbons (Fsp3) is 0. The number of nitrogens with zero attached hydrogens (tertiary/aromatic N) is 4. The highest BCUT2D eigenvalue weighted by Crippen LogP contribution is 2.23.